The number of carbonyl (C=O) groups excluding carboxylic acids is 1. The van der Waals surface area contributed by atoms with Crippen LogP contribution in [0.25, 0.3) is 0 Å². The summed E-state index contributed by atoms with van der Waals surface area (Å²) in [7, 11) is 0. The first-order valence-corrected chi connectivity index (χ1v) is 12.0. The van der Waals surface area contributed by atoms with E-state index in [9.17, 15) is 23.1 Å². The number of phenols is 1. The van der Waals surface area contributed by atoms with Gasteiger partial charge in [0.2, 0.25) is 5.82 Å². The van der Waals surface area contributed by atoms with Gasteiger partial charge < -0.3 is 9.84 Å². The molecule has 1 fully saturated rings. The number of Topliss-reactive ketones (excluding diaryl/α,β-unsaturated/α-hetero) is 1. The van der Waals surface area contributed by atoms with Crippen LogP contribution in [0.3, 0.4) is 0 Å². The van der Waals surface area contributed by atoms with Crippen LogP contribution in [-0.2, 0) is 6.42 Å². The Morgan fingerprint density at radius 1 is 1.00 bits per heavy atom. The molecule has 180 valence electrons. The van der Waals surface area contributed by atoms with Crippen LogP contribution in [-0.4, -0.2) is 17.5 Å². The van der Waals surface area contributed by atoms with Gasteiger partial charge in [0.1, 0.15) is 0 Å². The van der Waals surface area contributed by atoms with Gasteiger partial charge in [-0.25, -0.2) is 8.78 Å². The highest BCUT2D eigenvalue weighted by Crippen LogP contribution is 2.39. The summed E-state index contributed by atoms with van der Waals surface area (Å²) >= 11 is 0. The molecule has 6 heteroatoms. The predicted octanol–water partition coefficient (Wildman–Crippen LogP) is 7.49. The van der Waals surface area contributed by atoms with E-state index in [4.69, 9.17) is 4.74 Å². The number of ketones is 1. The molecule has 33 heavy (non-hydrogen) atoms. The summed E-state index contributed by atoms with van der Waals surface area (Å²) in [5.41, 5.74) is 0.896. The van der Waals surface area contributed by atoms with Gasteiger partial charge in [-0.15, -0.1) is 0 Å². The van der Waals surface area contributed by atoms with Gasteiger partial charge in [0.15, 0.2) is 28.9 Å². The molecule has 0 amide bonds. The van der Waals surface area contributed by atoms with Crippen molar-refractivity contribution in [2.24, 2.45) is 5.92 Å². The lowest BCUT2D eigenvalue weighted by molar-refractivity contribution is 0.0973. The number of aromatic hydroxyl groups is 1. The molecule has 1 saturated carbocycles. The van der Waals surface area contributed by atoms with Crippen molar-refractivity contribution in [3.05, 3.63) is 58.4 Å². The molecule has 1 aliphatic carbocycles. The molecule has 2 aromatic carbocycles. The Labute approximate surface area is 194 Å². The Balaban J connectivity index is 1.49. The Hall–Kier alpha value is -2.50. The highest BCUT2D eigenvalue weighted by atomic mass is 19.2. The number of hydrogen-bond acceptors (Lipinski definition) is 3. The van der Waals surface area contributed by atoms with Crippen LogP contribution in [0, 0.1) is 23.4 Å². The molecule has 0 heterocycles. The number of ether oxygens (including phenoxy) is 1. The van der Waals surface area contributed by atoms with E-state index in [-0.39, 0.29) is 36.0 Å². The molecule has 0 saturated heterocycles. The topological polar surface area (TPSA) is 46.5 Å². The van der Waals surface area contributed by atoms with Gasteiger partial charge in [-0.05, 0) is 80.5 Å². The predicted molar refractivity (Wildman–Crippen MR) is 122 cm³/mol. The molecule has 0 aromatic heterocycles. The summed E-state index contributed by atoms with van der Waals surface area (Å²) in [6, 6.07) is 6.23. The van der Waals surface area contributed by atoms with E-state index >= 15 is 0 Å². The molecule has 3 rings (SSSR count). The lowest BCUT2D eigenvalue weighted by Crippen LogP contribution is -2.15. The lowest BCUT2D eigenvalue weighted by atomic mass is 9.76. The fourth-order valence-electron chi connectivity index (χ4n) is 4.87. The van der Waals surface area contributed by atoms with Crippen LogP contribution in [0.5, 0.6) is 11.5 Å². The van der Waals surface area contributed by atoms with E-state index in [0.29, 0.717) is 29.9 Å². The van der Waals surface area contributed by atoms with E-state index in [0.717, 1.165) is 38.5 Å². The summed E-state index contributed by atoms with van der Waals surface area (Å²) < 4.78 is 48.1. The van der Waals surface area contributed by atoms with Gasteiger partial charge in [0.25, 0.3) is 0 Å². The second kappa shape index (κ2) is 11.6. The van der Waals surface area contributed by atoms with Gasteiger partial charge in [-0.3, -0.25) is 4.79 Å². The normalized spacial score (nSPS) is 18.3. The molecule has 3 nitrogen and oxygen atoms in total. The van der Waals surface area contributed by atoms with Crippen molar-refractivity contribution in [2.45, 2.75) is 77.6 Å². The molecule has 0 radical (unpaired) electrons. The second-order valence-corrected chi connectivity index (χ2v) is 8.93. The number of carbonyl (C=O) groups is 1. The van der Waals surface area contributed by atoms with Crippen molar-refractivity contribution in [2.75, 3.05) is 6.61 Å². The van der Waals surface area contributed by atoms with E-state index < -0.39 is 23.2 Å². The maximum absolute atomic E-state index is 14.6. The minimum atomic E-state index is -0.910. The molecule has 0 aliphatic heterocycles. The number of halogens is 3. The zero-order valence-electron chi connectivity index (χ0n) is 19.4. The second-order valence-electron chi connectivity index (χ2n) is 8.93. The maximum Gasteiger partial charge on any atom is 0.207 e. The van der Waals surface area contributed by atoms with Gasteiger partial charge in [0, 0.05) is 6.42 Å². The molecular weight excluding hydrogens is 429 g/mol. The number of phenolic OH excluding ortho intramolecular Hbond substituents is 1. The van der Waals surface area contributed by atoms with Crippen LogP contribution < -0.4 is 4.74 Å². The van der Waals surface area contributed by atoms with Crippen molar-refractivity contribution in [1.82, 2.24) is 0 Å². The number of rotatable bonds is 10. The maximum atomic E-state index is 14.6. The Bertz CT molecular complexity index is 966. The quantitative estimate of drug-likeness (QED) is 0.372. The fraction of sp³-hybridized carbons (Fsp3) is 0.519. The Kier molecular flexibility index (Phi) is 8.81. The molecule has 2 aromatic rings. The lowest BCUT2D eigenvalue weighted by Gasteiger charge is -2.29. The first-order valence-electron chi connectivity index (χ1n) is 12.0. The van der Waals surface area contributed by atoms with Crippen LogP contribution in [0.2, 0.25) is 0 Å². The number of benzene rings is 2. The zero-order chi connectivity index (χ0) is 24.0. The third-order valence-electron chi connectivity index (χ3n) is 6.70. The molecule has 0 unspecified atom stereocenters. The minimum Gasteiger partial charge on any atom is -0.504 e. The van der Waals surface area contributed by atoms with Crippen molar-refractivity contribution in [1.29, 1.82) is 0 Å². The minimum absolute atomic E-state index is 0.0244. The van der Waals surface area contributed by atoms with Gasteiger partial charge in [-0.1, -0.05) is 31.9 Å². The van der Waals surface area contributed by atoms with Crippen LogP contribution in [0.1, 0.15) is 92.6 Å². The molecule has 1 N–H and O–H groups in total. The number of aryl methyl sites for hydroxylation is 1. The highest BCUT2D eigenvalue weighted by molar-refractivity contribution is 5.98. The van der Waals surface area contributed by atoms with E-state index in [2.05, 4.69) is 0 Å². The Morgan fingerprint density at radius 2 is 1.73 bits per heavy atom. The summed E-state index contributed by atoms with van der Waals surface area (Å²) in [5.74, 6) is -2.89. The molecule has 0 atom stereocenters. The smallest absolute Gasteiger partial charge is 0.207 e. The van der Waals surface area contributed by atoms with Crippen LogP contribution >= 0.6 is 0 Å². The average Bonchev–Trinajstić information content (AvgIpc) is 2.81. The van der Waals surface area contributed by atoms with Crippen molar-refractivity contribution >= 4 is 5.78 Å². The van der Waals surface area contributed by atoms with Crippen LogP contribution in [0.15, 0.2) is 24.3 Å². The van der Waals surface area contributed by atoms with Crippen molar-refractivity contribution < 1.29 is 27.8 Å². The summed E-state index contributed by atoms with van der Waals surface area (Å²) in [5, 5.41) is 10.0. The van der Waals surface area contributed by atoms with Gasteiger partial charge >= 0.3 is 0 Å². The first-order chi connectivity index (χ1) is 15.9. The SMILES string of the molecule is CCCc1ccc(C2CCC(CCCC(=O)c3ccc(OCC)c(F)c3O)CC2)c(F)c1F. The molecule has 0 spiro atoms. The van der Waals surface area contributed by atoms with E-state index in [1.54, 1.807) is 19.1 Å². The van der Waals surface area contributed by atoms with Crippen molar-refractivity contribution in [3.63, 3.8) is 0 Å². The molecule has 1 aliphatic rings. The Morgan fingerprint density at radius 3 is 2.39 bits per heavy atom. The highest BCUT2D eigenvalue weighted by Gasteiger charge is 2.26. The molecular formula is C27H33F3O3. The van der Waals surface area contributed by atoms with E-state index in [1.165, 1.54) is 12.1 Å². The number of hydrogen-bond donors (Lipinski definition) is 1. The third-order valence-corrected chi connectivity index (χ3v) is 6.70. The monoisotopic (exact) mass is 462 g/mol. The van der Waals surface area contributed by atoms with Crippen molar-refractivity contribution in [3.8, 4) is 11.5 Å². The van der Waals surface area contributed by atoms with Gasteiger partial charge in [-0.2, -0.15) is 4.39 Å². The summed E-state index contributed by atoms with van der Waals surface area (Å²) in [6.45, 7) is 3.91. The molecule has 0 bridgehead atoms. The standard InChI is InChI=1S/C27H33F3O3/c1-3-6-19-13-14-20(25(29)24(19)28)18-11-9-17(10-12-18)7-5-8-22(31)21-15-16-23(33-4-2)26(30)27(21)32/h13-18,32H,3-12H2,1-2H3. The summed E-state index contributed by atoms with van der Waals surface area (Å²) in [6.07, 6.45) is 6.41. The zero-order valence-corrected chi connectivity index (χ0v) is 19.4. The first kappa shape index (κ1) is 25.1. The fourth-order valence-corrected chi connectivity index (χ4v) is 4.87. The van der Waals surface area contributed by atoms with E-state index in [1.807, 2.05) is 6.92 Å². The third kappa shape index (κ3) is 5.90. The average molecular weight is 463 g/mol. The largest absolute Gasteiger partial charge is 0.504 e. The summed E-state index contributed by atoms with van der Waals surface area (Å²) in [4.78, 5) is 12.5. The van der Waals surface area contributed by atoms with Crippen LogP contribution in [0.4, 0.5) is 13.2 Å². The van der Waals surface area contributed by atoms with Gasteiger partial charge in [0.05, 0.1) is 12.2 Å².